The highest BCUT2D eigenvalue weighted by atomic mass is 19.3. The maximum atomic E-state index is 12.9. The first-order valence-electron chi connectivity index (χ1n) is 5.16. The summed E-state index contributed by atoms with van der Waals surface area (Å²) < 4.78 is 25.8. The molecule has 3 nitrogen and oxygen atoms in total. The van der Waals surface area contributed by atoms with E-state index in [0.29, 0.717) is 25.7 Å². The number of rotatable bonds is 3. The fourth-order valence-corrected chi connectivity index (χ4v) is 1.54. The zero-order valence-corrected chi connectivity index (χ0v) is 8.69. The minimum atomic E-state index is -3.29. The average molecular weight is 219 g/mol. The van der Waals surface area contributed by atoms with E-state index >= 15 is 0 Å². The summed E-state index contributed by atoms with van der Waals surface area (Å²) in [5.41, 5.74) is 0. The maximum Gasteiger partial charge on any atom is 0.324 e. The van der Waals surface area contributed by atoms with E-state index in [9.17, 15) is 18.4 Å². The molecule has 0 radical (unpaired) electrons. The van der Waals surface area contributed by atoms with Gasteiger partial charge in [-0.1, -0.05) is 6.92 Å². The Morgan fingerprint density at radius 1 is 1.47 bits per heavy atom. The molecule has 0 spiro atoms. The van der Waals surface area contributed by atoms with Gasteiger partial charge in [0, 0.05) is 25.3 Å². The van der Waals surface area contributed by atoms with Crippen LogP contribution in [0.25, 0.3) is 0 Å². The van der Waals surface area contributed by atoms with Crippen LogP contribution in [0.2, 0.25) is 0 Å². The average Bonchev–Trinajstić information content (AvgIpc) is 2.21. The van der Waals surface area contributed by atoms with Crippen molar-refractivity contribution in [3.05, 3.63) is 0 Å². The lowest BCUT2D eigenvalue weighted by Gasteiger charge is -2.24. The Labute approximate surface area is 87.2 Å². The first kappa shape index (κ1) is 12.1. The zero-order valence-electron chi connectivity index (χ0n) is 8.69. The van der Waals surface area contributed by atoms with Gasteiger partial charge in [-0.3, -0.25) is 9.59 Å². The van der Waals surface area contributed by atoms with Gasteiger partial charge in [-0.25, -0.2) is 0 Å². The standard InChI is InChI=1S/C10H15F2NO2/c1-2-10(11,12)9(15)13-7-3-5-8(14)6-4-7/h7H,2-6H2,1H3,(H,13,15). The number of ketones is 1. The van der Waals surface area contributed by atoms with Crippen molar-refractivity contribution in [2.24, 2.45) is 0 Å². The van der Waals surface area contributed by atoms with Gasteiger partial charge in [-0.2, -0.15) is 8.78 Å². The zero-order chi connectivity index (χ0) is 11.5. The molecule has 15 heavy (non-hydrogen) atoms. The summed E-state index contributed by atoms with van der Waals surface area (Å²) >= 11 is 0. The predicted molar refractivity (Wildman–Crippen MR) is 50.6 cm³/mol. The fourth-order valence-electron chi connectivity index (χ4n) is 1.54. The van der Waals surface area contributed by atoms with Gasteiger partial charge >= 0.3 is 5.92 Å². The van der Waals surface area contributed by atoms with E-state index in [1.54, 1.807) is 0 Å². The number of hydrogen-bond acceptors (Lipinski definition) is 2. The number of carbonyl (C=O) groups is 2. The summed E-state index contributed by atoms with van der Waals surface area (Å²) in [5.74, 6) is -4.37. The molecule has 0 bridgehead atoms. The van der Waals surface area contributed by atoms with Crippen molar-refractivity contribution in [1.29, 1.82) is 0 Å². The van der Waals surface area contributed by atoms with Crippen LogP contribution >= 0.6 is 0 Å². The Morgan fingerprint density at radius 3 is 2.47 bits per heavy atom. The van der Waals surface area contributed by atoms with Crippen LogP contribution < -0.4 is 5.32 Å². The Hall–Kier alpha value is -1.00. The molecular formula is C10H15F2NO2. The molecule has 0 atom stereocenters. The highest BCUT2D eigenvalue weighted by molar-refractivity contribution is 5.84. The van der Waals surface area contributed by atoms with Crippen molar-refractivity contribution in [2.75, 3.05) is 0 Å². The smallest absolute Gasteiger partial charge is 0.324 e. The van der Waals surface area contributed by atoms with Crippen LogP contribution in [0.15, 0.2) is 0 Å². The molecule has 0 heterocycles. The maximum absolute atomic E-state index is 12.9. The van der Waals surface area contributed by atoms with Gasteiger partial charge in [0.15, 0.2) is 0 Å². The van der Waals surface area contributed by atoms with Crippen LogP contribution in [-0.4, -0.2) is 23.7 Å². The first-order chi connectivity index (χ1) is 6.95. The van der Waals surface area contributed by atoms with Crippen LogP contribution in [0.5, 0.6) is 0 Å². The van der Waals surface area contributed by atoms with Gasteiger partial charge in [-0.05, 0) is 12.8 Å². The van der Waals surface area contributed by atoms with Crippen molar-refractivity contribution in [3.63, 3.8) is 0 Å². The number of alkyl halides is 2. The van der Waals surface area contributed by atoms with Crippen LogP contribution in [0.4, 0.5) is 8.78 Å². The third-order valence-electron chi connectivity index (χ3n) is 2.65. The van der Waals surface area contributed by atoms with Gasteiger partial charge in [0.25, 0.3) is 5.91 Å². The molecule has 0 aromatic carbocycles. The second-order valence-electron chi connectivity index (χ2n) is 3.84. The van der Waals surface area contributed by atoms with Crippen LogP contribution in [-0.2, 0) is 9.59 Å². The third-order valence-corrected chi connectivity index (χ3v) is 2.65. The summed E-state index contributed by atoms with van der Waals surface area (Å²) in [7, 11) is 0. The number of hydrogen-bond donors (Lipinski definition) is 1. The molecule has 0 aliphatic heterocycles. The Balaban J connectivity index is 2.42. The lowest BCUT2D eigenvalue weighted by atomic mass is 9.94. The van der Waals surface area contributed by atoms with Crippen LogP contribution in [0.3, 0.4) is 0 Å². The van der Waals surface area contributed by atoms with Gasteiger partial charge < -0.3 is 5.32 Å². The molecule has 1 aliphatic carbocycles. The number of nitrogens with one attached hydrogen (secondary N) is 1. The molecule has 1 amide bonds. The van der Waals surface area contributed by atoms with Crippen molar-refractivity contribution in [2.45, 2.75) is 51.0 Å². The SMILES string of the molecule is CCC(F)(F)C(=O)NC1CCC(=O)CC1. The molecule has 0 aromatic rings. The largest absolute Gasteiger partial charge is 0.348 e. The molecule has 1 saturated carbocycles. The van der Waals surface area contributed by atoms with Gasteiger partial charge in [0.1, 0.15) is 5.78 Å². The third kappa shape index (κ3) is 3.25. The number of carbonyl (C=O) groups excluding carboxylic acids is 2. The second kappa shape index (κ2) is 4.68. The number of Topliss-reactive ketones (excluding diaryl/α,β-unsaturated/α-hetero) is 1. The molecule has 1 rings (SSSR count). The lowest BCUT2D eigenvalue weighted by Crippen LogP contribution is -2.46. The molecule has 1 aliphatic rings. The monoisotopic (exact) mass is 219 g/mol. The van der Waals surface area contributed by atoms with E-state index in [0.717, 1.165) is 0 Å². The van der Waals surface area contributed by atoms with E-state index in [4.69, 9.17) is 0 Å². The van der Waals surface area contributed by atoms with Gasteiger partial charge in [-0.15, -0.1) is 0 Å². The van der Waals surface area contributed by atoms with E-state index < -0.39 is 18.3 Å². The lowest BCUT2D eigenvalue weighted by molar-refractivity contribution is -0.147. The quantitative estimate of drug-likeness (QED) is 0.784. The van der Waals surface area contributed by atoms with Crippen LogP contribution in [0.1, 0.15) is 39.0 Å². The fraction of sp³-hybridized carbons (Fsp3) is 0.800. The van der Waals surface area contributed by atoms with E-state index in [1.165, 1.54) is 6.92 Å². The van der Waals surface area contributed by atoms with Crippen molar-refractivity contribution >= 4 is 11.7 Å². The van der Waals surface area contributed by atoms with Crippen molar-refractivity contribution in [3.8, 4) is 0 Å². The van der Waals surface area contributed by atoms with Crippen LogP contribution in [0, 0.1) is 0 Å². The molecule has 86 valence electrons. The Kier molecular flexibility index (Phi) is 3.77. The molecule has 1 fully saturated rings. The van der Waals surface area contributed by atoms with Crippen molar-refractivity contribution < 1.29 is 18.4 Å². The number of halogens is 2. The minimum Gasteiger partial charge on any atom is -0.348 e. The van der Waals surface area contributed by atoms with E-state index in [1.807, 2.05) is 0 Å². The van der Waals surface area contributed by atoms with Gasteiger partial charge in [0.05, 0.1) is 0 Å². The molecule has 5 heteroatoms. The molecule has 0 unspecified atom stereocenters. The van der Waals surface area contributed by atoms with E-state index in [-0.39, 0.29) is 11.8 Å². The van der Waals surface area contributed by atoms with E-state index in [2.05, 4.69) is 5.32 Å². The summed E-state index contributed by atoms with van der Waals surface area (Å²) in [6.45, 7) is 1.27. The topological polar surface area (TPSA) is 46.2 Å². The summed E-state index contributed by atoms with van der Waals surface area (Å²) in [4.78, 5) is 22.0. The summed E-state index contributed by atoms with van der Waals surface area (Å²) in [6.07, 6.45) is 1.21. The summed E-state index contributed by atoms with van der Waals surface area (Å²) in [6, 6.07) is -0.271. The predicted octanol–water partition coefficient (Wildman–Crippen LogP) is 1.66. The molecular weight excluding hydrogens is 204 g/mol. The normalized spacial score (nSPS) is 19.0. The molecule has 1 N–H and O–H groups in total. The molecule has 0 aromatic heterocycles. The number of amides is 1. The highest BCUT2D eigenvalue weighted by Crippen LogP contribution is 2.20. The van der Waals surface area contributed by atoms with Crippen molar-refractivity contribution in [1.82, 2.24) is 5.32 Å². The second-order valence-corrected chi connectivity index (χ2v) is 3.84. The van der Waals surface area contributed by atoms with Gasteiger partial charge in [0.2, 0.25) is 0 Å². The Morgan fingerprint density at radius 2 is 2.00 bits per heavy atom. The minimum absolute atomic E-state index is 0.141. The molecule has 0 saturated heterocycles. The first-order valence-corrected chi connectivity index (χ1v) is 5.16. The summed E-state index contributed by atoms with van der Waals surface area (Å²) in [5, 5.41) is 2.29. The highest BCUT2D eigenvalue weighted by Gasteiger charge is 2.37. The Bertz CT molecular complexity index is 256.